The Morgan fingerprint density at radius 3 is 2.22 bits per heavy atom. The predicted octanol–water partition coefficient (Wildman–Crippen LogP) is 6.35. The maximum absolute atomic E-state index is 14.2. The van der Waals surface area contributed by atoms with Crippen molar-refractivity contribution in [3.05, 3.63) is 56.8 Å². The molecule has 0 aliphatic carbocycles. The molecule has 2 aromatic carbocycles. The molecular weight excluding hydrogens is 361 g/mol. The molecule has 0 spiro atoms. The Bertz CT molecular complexity index is 576. The Labute approximate surface area is 128 Å². The third-order valence-corrected chi connectivity index (χ3v) is 4.32. The molecule has 0 N–H and O–H groups in total. The molecule has 0 saturated carbocycles. The topological polar surface area (TPSA) is 0 Å². The van der Waals surface area contributed by atoms with Crippen molar-refractivity contribution in [2.75, 3.05) is 0 Å². The Morgan fingerprint density at radius 1 is 1.06 bits per heavy atom. The van der Waals surface area contributed by atoms with E-state index in [-0.39, 0.29) is 10.8 Å². The first-order valence-electron chi connectivity index (χ1n) is 5.03. The Hall–Kier alpha value is -0.280. The van der Waals surface area contributed by atoms with Crippen molar-refractivity contribution < 1.29 is 4.39 Å². The summed E-state index contributed by atoms with van der Waals surface area (Å²) in [5, 5.41) is 1.34. The first-order chi connectivity index (χ1) is 8.54. The first-order valence-corrected chi connectivity index (χ1v) is 7.28. The second-order valence-corrected chi connectivity index (χ2v) is 5.42. The summed E-state index contributed by atoms with van der Waals surface area (Å²) >= 11 is 21.0. The van der Waals surface area contributed by atoms with Gasteiger partial charge in [0.25, 0.3) is 0 Å². The van der Waals surface area contributed by atoms with Crippen LogP contribution in [-0.4, -0.2) is 0 Å². The van der Waals surface area contributed by atoms with Gasteiger partial charge in [-0.1, -0.05) is 68.9 Å². The van der Waals surface area contributed by atoms with Crippen molar-refractivity contribution in [1.29, 1.82) is 0 Å². The molecule has 0 nitrogen and oxygen atoms in total. The van der Waals surface area contributed by atoms with Gasteiger partial charge in [-0.25, -0.2) is 4.39 Å². The van der Waals surface area contributed by atoms with Crippen molar-refractivity contribution in [3.8, 4) is 11.1 Å². The minimum atomic E-state index is -0.288. The summed E-state index contributed by atoms with van der Waals surface area (Å²) < 4.78 is 14.2. The van der Waals surface area contributed by atoms with Gasteiger partial charge in [0.15, 0.2) is 0 Å². The fraction of sp³-hybridized carbons (Fsp3) is 0.0769. The van der Waals surface area contributed by atoms with Crippen molar-refractivity contribution in [2.24, 2.45) is 0 Å². The number of hydrogen-bond donors (Lipinski definition) is 0. The number of hydrogen-bond acceptors (Lipinski definition) is 0. The second-order valence-electron chi connectivity index (χ2n) is 3.67. The van der Waals surface area contributed by atoms with E-state index >= 15 is 0 Å². The van der Waals surface area contributed by atoms with Gasteiger partial charge in [-0.05, 0) is 23.3 Å². The van der Waals surface area contributed by atoms with E-state index in [9.17, 15) is 4.39 Å². The average molecular weight is 368 g/mol. The van der Waals surface area contributed by atoms with Crippen LogP contribution in [0.3, 0.4) is 0 Å². The quantitative estimate of drug-likeness (QED) is 0.428. The Kier molecular flexibility index (Phi) is 4.54. The van der Waals surface area contributed by atoms with Crippen LogP contribution in [0.2, 0.25) is 15.1 Å². The van der Waals surface area contributed by atoms with E-state index in [1.807, 2.05) is 0 Å². The van der Waals surface area contributed by atoms with E-state index in [2.05, 4.69) is 15.9 Å². The highest BCUT2D eigenvalue weighted by Gasteiger charge is 2.12. The van der Waals surface area contributed by atoms with Crippen LogP contribution in [0.15, 0.2) is 30.3 Å². The van der Waals surface area contributed by atoms with Gasteiger partial charge in [0.05, 0.1) is 15.1 Å². The highest BCUT2D eigenvalue weighted by atomic mass is 79.9. The van der Waals surface area contributed by atoms with Gasteiger partial charge >= 0.3 is 0 Å². The van der Waals surface area contributed by atoms with Gasteiger partial charge in [0.1, 0.15) is 5.82 Å². The SMILES string of the molecule is Fc1c(CBr)cccc1-c1cc(Cl)c(Cl)c(Cl)c1. The molecule has 0 radical (unpaired) electrons. The van der Waals surface area contributed by atoms with Gasteiger partial charge in [0, 0.05) is 10.9 Å². The van der Waals surface area contributed by atoms with Crippen molar-refractivity contribution >= 4 is 50.7 Å². The molecule has 0 amide bonds. The van der Waals surface area contributed by atoms with E-state index in [0.717, 1.165) is 0 Å². The lowest BCUT2D eigenvalue weighted by molar-refractivity contribution is 0.621. The van der Waals surface area contributed by atoms with Gasteiger partial charge in [-0.3, -0.25) is 0 Å². The van der Waals surface area contributed by atoms with Crippen LogP contribution in [0.4, 0.5) is 4.39 Å². The second kappa shape index (κ2) is 5.79. The summed E-state index contributed by atoms with van der Waals surface area (Å²) in [6, 6.07) is 8.38. The van der Waals surface area contributed by atoms with Crippen LogP contribution >= 0.6 is 50.7 Å². The van der Waals surface area contributed by atoms with Gasteiger partial charge in [-0.2, -0.15) is 0 Å². The van der Waals surface area contributed by atoms with E-state index in [4.69, 9.17) is 34.8 Å². The van der Waals surface area contributed by atoms with Crippen molar-refractivity contribution in [2.45, 2.75) is 5.33 Å². The molecule has 2 aromatic rings. The largest absolute Gasteiger partial charge is 0.206 e. The number of benzene rings is 2. The molecule has 94 valence electrons. The molecule has 5 heteroatoms. The van der Waals surface area contributed by atoms with Crippen LogP contribution in [0.5, 0.6) is 0 Å². The van der Waals surface area contributed by atoms with Crippen LogP contribution in [0.1, 0.15) is 5.56 Å². The molecule has 18 heavy (non-hydrogen) atoms. The van der Waals surface area contributed by atoms with E-state index in [0.29, 0.717) is 32.1 Å². The zero-order valence-electron chi connectivity index (χ0n) is 8.98. The molecule has 0 unspecified atom stereocenters. The lowest BCUT2D eigenvalue weighted by atomic mass is 10.0. The zero-order chi connectivity index (χ0) is 13.3. The minimum absolute atomic E-state index is 0.277. The van der Waals surface area contributed by atoms with Gasteiger partial charge in [-0.15, -0.1) is 0 Å². The predicted molar refractivity (Wildman–Crippen MR) is 79.5 cm³/mol. The molecule has 0 saturated heterocycles. The molecule has 0 fully saturated rings. The monoisotopic (exact) mass is 366 g/mol. The normalized spacial score (nSPS) is 10.7. The fourth-order valence-electron chi connectivity index (χ4n) is 1.62. The van der Waals surface area contributed by atoms with E-state index in [1.54, 1.807) is 30.3 Å². The van der Waals surface area contributed by atoms with Crippen molar-refractivity contribution in [3.63, 3.8) is 0 Å². The maximum atomic E-state index is 14.2. The molecule has 0 bridgehead atoms. The fourth-order valence-corrected chi connectivity index (χ4v) is 2.65. The average Bonchev–Trinajstić information content (AvgIpc) is 2.35. The molecule has 0 heterocycles. The van der Waals surface area contributed by atoms with Gasteiger partial charge < -0.3 is 0 Å². The van der Waals surface area contributed by atoms with E-state index in [1.165, 1.54) is 0 Å². The zero-order valence-corrected chi connectivity index (χ0v) is 12.8. The lowest BCUT2D eigenvalue weighted by Gasteiger charge is -2.09. The molecular formula is C13H7BrCl3F. The summed E-state index contributed by atoms with van der Waals surface area (Å²) in [7, 11) is 0. The summed E-state index contributed by atoms with van der Waals surface area (Å²) in [4.78, 5) is 0. The third-order valence-electron chi connectivity index (χ3n) is 2.52. The summed E-state index contributed by atoms with van der Waals surface area (Å²) in [6.07, 6.45) is 0. The highest BCUT2D eigenvalue weighted by Crippen LogP contribution is 2.36. The summed E-state index contributed by atoms with van der Waals surface area (Å²) in [6.45, 7) is 0. The summed E-state index contributed by atoms with van der Waals surface area (Å²) in [5.41, 5.74) is 1.64. The molecule has 0 aliphatic heterocycles. The number of halogens is 5. The lowest BCUT2D eigenvalue weighted by Crippen LogP contribution is -1.91. The van der Waals surface area contributed by atoms with Crippen LogP contribution < -0.4 is 0 Å². The smallest absolute Gasteiger partial charge is 0.135 e. The molecule has 0 atom stereocenters. The van der Waals surface area contributed by atoms with Crippen LogP contribution in [0, 0.1) is 5.82 Å². The summed E-state index contributed by atoms with van der Waals surface area (Å²) in [5.74, 6) is -0.288. The van der Waals surface area contributed by atoms with Crippen LogP contribution in [-0.2, 0) is 5.33 Å². The molecule has 0 aliphatic rings. The van der Waals surface area contributed by atoms with Crippen molar-refractivity contribution in [1.82, 2.24) is 0 Å². The standard InChI is InChI=1S/C13H7BrCl3F/c14-6-7-2-1-3-9(13(7)18)8-4-10(15)12(17)11(16)5-8/h1-5H,6H2. The molecule has 0 aromatic heterocycles. The number of alkyl halides is 1. The Balaban J connectivity index is 2.62. The Morgan fingerprint density at radius 2 is 1.67 bits per heavy atom. The maximum Gasteiger partial charge on any atom is 0.135 e. The number of rotatable bonds is 2. The van der Waals surface area contributed by atoms with Gasteiger partial charge in [0.2, 0.25) is 0 Å². The van der Waals surface area contributed by atoms with E-state index < -0.39 is 0 Å². The first kappa shape index (κ1) is 14.1. The van der Waals surface area contributed by atoms with Crippen LogP contribution in [0.25, 0.3) is 11.1 Å². The molecule has 2 rings (SSSR count). The minimum Gasteiger partial charge on any atom is -0.206 e. The highest BCUT2D eigenvalue weighted by molar-refractivity contribution is 9.08. The third kappa shape index (κ3) is 2.67.